The Morgan fingerprint density at radius 3 is 2.09 bits per heavy atom. The summed E-state index contributed by atoms with van der Waals surface area (Å²) in [5, 5.41) is 9.76. The number of rotatable bonds is 3. The number of aliphatic hydroxyl groups excluding tert-OH is 1. The second-order valence-electron chi connectivity index (χ2n) is 4.63. The summed E-state index contributed by atoms with van der Waals surface area (Å²) in [6.07, 6.45) is -6.87. The minimum Gasteiger partial charge on any atom is -0.380 e. The number of hydrogen-bond acceptors (Lipinski definition) is 2. The minimum absolute atomic E-state index is 0.230. The van der Waals surface area contributed by atoms with Crippen molar-refractivity contribution in [2.75, 3.05) is 0 Å². The molecule has 122 valence electrons. The van der Waals surface area contributed by atoms with Gasteiger partial charge in [-0.2, -0.15) is 13.2 Å². The lowest BCUT2D eigenvalue weighted by atomic mass is 9.98. The topological polar surface area (TPSA) is 37.3 Å². The van der Waals surface area contributed by atoms with Crippen LogP contribution in [0.1, 0.15) is 27.6 Å². The van der Waals surface area contributed by atoms with Gasteiger partial charge in [0.05, 0.1) is 5.56 Å². The van der Waals surface area contributed by atoms with Gasteiger partial charge in [-0.25, -0.2) is 13.2 Å². The number of hydrogen-bond donors (Lipinski definition) is 1. The third-order valence-electron chi connectivity index (χ3n) is 3.06. The summed E-state index contributed by atoms with van der Waals surface area (Å²) in [6.45, 7) is 0. The maximum absolute atomic E-state index is 13.5. The van der Waals surface area contributed by atoms with Crippen molar-refractivity contribution >= 4 is 5.78 Å². The molecule has 0 saturated carbocycles. The van der Waals surface area contributed by atoms with Crippen molar-refractivity contribution in [1.82, 2.24) is 0 Å². The van der Waals surface area contributed by atoms with Crippen LogP contribution in [-0.4, -0.2) is 10.9 Å². The van der Waals surface area contributed by atoms with Crippen molar-refractivity contribution in [1.29, 1.82) is 0 Å². The zero-order chi connectivity index (χ0) is 17.4. The largest absolute Gasteiger partial charge is 0.416 e. The fraction of sp³-hybridized carbons (Fsp3) is 0.133. The summed E-state index contributed by atoms with van der Waals surface area (Å²) in [6, 6.07) is 3.42. The molecule has 0 amide bonds. The Labute approximate surface area is 126 Å². The molecular weight excluding hydrogens is 326 g/mol. The van der Waals surface area contributed by atoms with Gasteiger partial charge in [-0.05, 0) is 18.2 Å². The van der Waals surface area contributed by atoms with E-state index in [1.54, 1.807) is 0 Å². The van der Waals surface area contributed by atoms with E-state index in [1.807, 2.05) is 0 Å². The molecule has 0 saturated heterocycles. The van der Waals surface area contributed by atoms with Crippen molar-refractivity contribution < 1.29 is 36.2 Å². The quantitative estimate of drug-likeness (QED) is 0.523. The fourth-order valence-electron chi connectivity index (χ4n) is 1.90. The van der Waals surface area contributed by atoms with Crippen LogP contribution in [-0.2, 0) is 6.18 Å². The van der Waals surface area contributed by atoms with Crippen LogP contribution < -0.4 is 0 Å². The van der Waals surface area contributed by atoms with Gasteiger partial charge in [0.15, 0.2) is 17.4 Å². The van der Waals surface area contributed by atoms with Crippen molar-refractivity contribution in [3.05, 3.63) is 70.5 Å². The van der Waals surface area contributed by atoms with E-state index in [2.05, 4.69) is 0 Å². The molecule has 1 N–H and O–H groups in total. The summed E-state index contributed by atoms with van der Waals surface area (Å²) in [5.41, 5.74) is -2.33. The lowest BCUT2D eigenvalue weighted by Gasteiger charge is -2.12. The monoisotopic (exact) mass is 334 g/mol. The van der Waals surface area contributed by atoms with Gasteiger partial charge >= 0.3 is 6.18 Å². The number of carbonyl (C=O) groups is 1. The highest BCUT2D eigenvalue weighted by atomic mass is 19.4. The third-order valence-corrected chi connectivity index (χ3v) is 3.06. The zero-order valence-corrected chi connectivity index (χ0v) is 11.2. The average Bonchev–Trinajstić information content (AvgIpc) is 2.48. The second-order valence-corrected chi connectivity index (χ2v) is 4.63. The molecule has 0 unspecified atom stereocenters. The van der Waals surface area contributed by atoms with Crippen LogP contribution in [0.3, 0.4) is 0 Å². The van der Waals surface area contributed by atoms with Gasteiger partial charge in [0.1, 0.15) is 11.9 Å². The zero-order valence-electron chi connectivity index (χ0n) is 11.2. The van der Waals surface area contributed by atoms with Gasteiger partial charge in [0.25, 0.3) is 0 Å². The van der Waals surface area contributed by atoms with E-state index < -0.39 is 46.6 Å². The maximum Gasteiger partial charge on any atom is 0.416 e. The second kappa shape index (κ2) is 6.04. The van der Waals surface area contributed by atoms with Gasteiger partial charge in [-0.1, -0.05) is 12.1 Å². The van der Waals surface area contributed by atoms with Gasteiger partial charge in [0, 0.05) is 17.2 Å². The fourth-order valence-corrected chi connectivity index (χ4v) is 1.90. The summed E-state index contributed by atoms with van der Waals surface area (Å²) < 4.78 is 76.9. The standard InChI is InChI=1S/C15H8F6O2/c16-9-5-10(12(18)11(17)6-9)14(23)13(22)7-1-3-8(4-2-7)15(19,20)21/h1-6,14,23H/t14-/m1/s1. The molecule has 2 nitrogen and oxygen atoms in total. The van der Waals surface area contributed by atoms with Crippen molar-refractivity contribution in [3.8, 4) is 0 Å². The molecule has 0 radical (unpaired) electrons. The average molecular weight is 334 g/mol. The molecule has 0 aliphatic heterocycles. The van der Waals surface area contributed by atoms with Crippen LogP contribution in [0.4, 0.5) is 26.3 Å². The lowest BCUT2D eigenvalue weighted by Crippen LogP contribution is -2.15. The Morgan fingerprint density at radius 2 is 1.57 bits per heavy atom. The van der Waals surface area contributed by atoms with E-state index in [0.717, 1.165) is 12.1 Å². The summed E-state index contributed by atoms with van der Waals surface area (Å²) >= 11 is 0. The van der Waals surface area contributed by atoms with Crippen molar-refractivity contribution in [3.63, 3.8) is 0 Å². The predicted molar refractivity (Wildman–Crippen MR) is 67.1 cm³/mol. The number of alkyl halides is 3. The van der Waals surface area contributed by atoms with E-state index in [0.29, 0.717) is 18.2 Å². The Bertz CT molecular complexity index is 737. The lowest BCUT2D eigenvalue weighted by molar-refractivity contribution is -0.137. The van der Waals surface area contributed by atoms with E-state index in [1.165, 1.54) is 0 Å². The van der Waals surface area contributed by atoms with Crippen molar-refractivity contribution in [2.24, 2.45) is 0 Å². The van der Waals surface area contributed by atoms with Gasteiger partial charge in [-0.3, -0.25) is 4.79 Å². The number of aliphatic hydroxyl groups is 1. The molecule has 2 aromatic rings. The molecular formula is C15H8F6O2. The molecule has 0 aliphatic carbocycles. The van der Waals surface area contributed by atoms with Crippen LogP contribution in [0, 0.1) is 17.5 Å². The molecule has 0 bridgehead atoms. The Balaban J connectivity index is 2.34. The highest BCUT2D eigenvalue weighted by molar-refractivity contribution is 5.99. The minimum atomic E-state index is -4.61. The summed E-state index contributed by atoms with van der Waals surface area (Å²) in [5.74, 6) is -5.61. The van der Waals surface area contributed by atoms with Crippen LogP contribution >= 0.6 is 0 Å². The van der Waals surface area contributed by atoms with E-state index in [4.69, 9.17) is 0 Å². The summed E-state index contributed by atoms with van der Waals surface area (Å²) in [7, 11) is 0. The third kappa shape index (κ3) is 3.53. The van der Waals surface area contributed by atoms with E-state index >= 15 is 0 Å². The molecule has 0 fully saturated rings. The van der Waals surface area contributed by atoms with E-state index in [9.17, 15) is 36.2 Å². The number of halogens is 6. The smallest absolute Gasteiger partial charge is 0.380 e. The first-order valence-corrected chi connectivity index (χ1v) is 6.15. The molecule has 2 aromatic carbocycles. The SMILES string of the molecule is O=C(c1ccc(C(F)(F)F)cc1)[C@H](O)c1cc(F)cc(F)c1F. The van der Waals surface area contributed by atoms with E-state index in [-0.39, 0.29) is 11.6 Å². The number of carbonyl (C=O) groups excluding carboxylic acids is 1. The summed E-state index contributed by atoms with van der Waals surface area (Å²) in [4.78, 5) is 11.9. The first-order valence-electron chi connectivity index (χ1n) is 6.15. The predicted octanol–water partition coefficient (Wildman–Crippen LogP) is 4.04. The first-order chi connectivity index (χ1) is 10.6. The highest BCUT2D eigenvalue weighted by Crippen LogP contribution is 2.30. The molecule has 8 heteroatoms. The van der Waals surface area contributed by atoms with Gasteiger partial charge in [-0.15, -0.1) is 0 Å². The van der Waals surface area contributed by atoms with Crippen LogP contribution in [0.15, 0.2) is 36.4 Å². The molecule has 0 aromatic heterocycles. The maximum atomic E-state index is 13.5. The highest BCUT2D eigenvalue weighted by Gasteiger charge is 2.31. The Kier molecular flexibility index (Phi) is 4.46. The van der Waals surface area contributed by atoms with Crippen LogP contribution in [0.5, 0.6) is 0 Å². The molecule has 0 aliphatic rings. The Hall–Kier alpha value is -2.35. The van der Waals surface area contributed by atoms with Crippen LogP contribution in [0.25, 0.3) is 0 Å². The number of ketones is 1. The molecule has 23 heavy (non-hydrogen) atoms. The molecule has 1 atom stereocenters. The number of benzene rings is 2. The van der Waals surface area contributed by atoms with Gasteiger partial charge in [0.2, 0.25) is 0 Å². The molecule has 2 rings (SSSR count). The number of Topliss-reactive ketones (excluding diaryl/α,β-unsaturated/α-hetero) is 1. The van der Waals surface area contributed by atoms with Gasteiger partial charge < -0.3 is 5.11 Å². The normalized spacial score (nSPS) is 13.0. The van der Waals surface area contributed by atoms with Crippen molar-refractivity contribution in [2.45, 2.75) is 12.3 Å². The molecule has 0 spiro atoms. The first kappa shape index (κ1) is 17.0. The van der Waals surface area contributed by atoms with Crippen LogP contribution in [0.2, 0.25) is 0 Å². The molecule has 0 heterocycles. The Morgan fingerprint density at radius 1 is 1.00 bits per heavy atom.